The summed E-state index contributed by atoms with van der Waals surface area (Å²) in [6.07, 6.45) is -0.743. The molecule has 0 radical (unpaired) electrons. The summed E-state index contributed by atoms with van der Waals surface area (Å²) in [5.41, 5.74) is 4.60. The van der Waals surface area contributed by atoms with Crippen LogP contribution in [0.25, 0.3) is 0 Å². The minimum Gasteiger partial charge on any atom is -0.393 e. The van der Waals surface area contributed by atoms with Gasteiger partial charge in [-0.25, -0.2) is 0 Å². The average molecular weight is 282 g/mol. The Labute approximate surface area is 111 Å². The van der Waals surface area contributed by atoms with E-state index < -0.39 is 40.2 Å². The second-order valence-electron chi connectivity index (χ2n) is 3.75. The second kappa shape index (κ2) is 6.22. The molecule has 3 N–H and O–H groups in total. The van der Waals surface area contributed by atoms with E-state index >= 15 is 0 Å². The van der Waals surface area contributed by atoms with Crippen molar-refractivity contribution in [2.24, 2.45) is 0 Å². The second-order valence-corrected chi connectivity index (χ2v) is 3.75. The van der Waals surface area contributed by atoms with Crippen molar-refractivity contribution in [2.75, 3.05) is 17.6 Å². The van der Waals surface area contributed by atoms with Gasteiger partial charge in [0.1, 0.15) is 11.4 Å². The number of hydrogen-bond donors (Lipinski definition) is 2. The van der Waals surface area contributed by atoms with Crippen LogP contribution in [0, 0.1) is 20.2 Å². The number of ketones is 1. The molecule has 10 heteroatoms. The van der Waals surface area contributed by atoms with Crippen LogP contribution in [0.5, 0.6) is 0 Å². The summed E-state index contributed by atoms with van der Waals surface area (Å²) >= 11 is 0. The predicted molar refractivity (Wildman–Crippen MR) is 67.6 cm³/mol. The molecule has 0 saturated carbocycles. The molecule has 0 aliphatic heterocycles. The number of nitrogen functional groups attached to an aromatic ring is 1. The molecule has 0 fully saturated rings. The molecule has 20 heavy (non-hydrogen) atoms. The van der Waals surface area contributed by atoms with Gasteiger partial charge in [-0.05, 0) is 12.1 Å². The van der Waals surface area contributed by atoms with Crippen LogP contribution >= 0.6 is 0 Å². The van der Waals surface area contributed by atoms with E-state index in [0.29, 0.717) is 0 Å². The van der Waals surface area contributed by atoms with Crippen molar-refractivity contribution < 1.29 is 19.4 Å². The summed E-state index contributed by atoms with van der Waals surface area (Å²) in [5.74, 6) is -1.79. The van der Waals surface area contributed by atoms with E-state index in [1.165, 1.54) is 18.2 Å². The molecule has 0 saturated heterocycles. The van der Waals surface area contributed by atoms with Gasteiger partial charge in [0.25, 0.3) is 6.54 Å². The van der Waals surface area contributed by atoms with Gasteiger partial charge in [-0.2, -0.15) is 0 Å². The lowest BCUT2D eigenvalue weighted by molar-refractivity contribution is -0.467. The van der Waals surface area contributed by atoms with E-state index in [9.17, 15) is 29.8 Å². The zero-order valence-corrected chi connectivity index (χ0v) is 10.1. The molecular weight excluding hydrogens is 272 g/mol. The zero-order chi connectivity index (χ0) is 15.3. The van der Waals surface area contributed by atoms with Gasteiger partial charge in [0.15, 0.2) is 0 Å². The Morgan fingerprint density at radius 2 is 1.90 bits per heavy atom. The van der Waals surface area contributed by atoms with E-state index in [4.69, 9.17) is 5.73 Å². The molecule has 1 aromatic carbocycles. The Kier molecular flexibility index (Phi) is 4.67. The molecule has 0 aliphatic rings. The molecule has 1 rings (SSSR count). The highest BCUT2D eigenvalue weighted by atomic mass is 16.6. The summed E-state index contributed by atoms with van der Waals surface area (Å²) in [6, 6.07) is 3.91. The van der Waals surface area contributed by atoms with Crippen molar-refractivity contribution in [1.82, 2.24) is 0 Å². The van der Waals surface area contributed by atoms with E-state index in [-0.39, 0.29) is 11.4 Å². The van der Waals surface area contributed by atoms with Gasteiger partial charge in [-0.1, -0.05) is 6.07 Å². The first-order chi connectivity index (χ1) is 9.31. The number of nitrogens with two attached hydrogens (primary N) is 1. The maximum Gasteiger partial charge on any atom is 0.315 e. The van der Waals surface area contributed by atoms with Gasteiger partial charge in [0, 0.05) is 4.92 Å². The van der Waals surface area contributed by atoms with Gasteiger partial charge >= 0.3 is 5.69 Å². The molecule has 10 nitrogen and oxygen atoms in total. The van der Waals surface area contributed by atoms with Crippen molar-refractivity contribution in [3.05, 3.63) is 38.4 Å². The van der Waals surface area contributed by atoms with Crippen LogP contribution in [0.2, 0.25) is 0 Å². The monoisotopic (exact) mass is 282 g/mol. The number of nitrogens with zero attached hydrogens (tertiary/aromatic N) is 2. The molecule has 1 amide bonds. The van der Waals surface area contributed by atoms with E-state index in [1.54, 1.807) is 0 Å². The highest BCUT2D eigenvalue weighted by molar-refractivity contribution is 6.05. The number of hydrogen-bond acceptors (Lipinski definition) is 7. The van der Waals surface area contributed by atoms with E-state index in [2.05, 4.69) is 5.32 Å². The number of nitro benzene ring substituents is 1. The third-order valence-corrected chi connectivity index (χ3v) is 2.19. The average Bonchev–Trinajstić information content (AvgIpc) is 2.26. The first-order valence-corrected chi connectivity index (χ1v) is 5.27. The number of nitro groups is 2. The third kappa shape index (κ3) is 4.01. The molecule has 0 unspecified atom stereocenters. The maximum atomic E-state index is 11.5. The van der Waals surface area contributed by atoms with Crippen molar-refractivity contribution in [2.45, 2.75) is 6.42 Å². The fourth-order valence-corrected chi connectivity index (χ4v) is 1.44. The van der Waals surface area contributed by atoms with Crippen LogP contribution in [0.4, 0.5) is 17.1 Å². The smallest absolute Gasteiger partial charge is 0.315 e. The first kappa shape index (κ1) is 15.0. The Hall–Kier alpha value is -3.04. The number of anilines is 2. The van der Waals surface area contributed by atoms with Gasteiger partial charge in [-0.15, -0.1) is 0 Å². The fourth-order valence-electron chi connectivity index (χ4n) is 1.44. The van der Waals surface area contributed by atoms with Crippen molar-refractivity contribution >= 4 is 28.8 Å². The Balaban J connectivity index is 2.81. The summed E-state index contributed by atoms with van der Waals surface area (Å²) in [5, 5.41) is 23.0. The highest BCUT2D eigenvalue weighted by Gasteiger charge is 2.21. The minimum absolute atomic E-state index is 0.149. The van der Waals surface area contributed by atoms with Crippen LogP contribution in [-0.2, 0) is 9.59 Å². The molecule has 1 aromatic rings. The highest BCUT2D eigenvalue weighted by Crippen LogP contribution is 2.30. The van der Waals surface area contributed by atoms with Crippen LogP contribution < -0.4 is 11.1 Å². The molecule has 0 bridgehead atoms. The molecule has 0 atom stereocenters. The number of nitrogens with one attached hydrogen (secondary N) is 1. The van der Waals surface area contributed by atoms with Crippen molar-refractivity contribution in [3.8, 4) is 0 Å². The largest absolute Gasteiger partial charge is 0.393 e. The Morgan fingerprint density at radius 3 is 2.45 bits per heavy atom. The van der Waals surface area contributed by atoms with Gasteiger partial charge in [0.2, 0.25) is 11.7 Å². The topological polar surface area (TPSA) is 158 Å². The number of carbonyl (C=O) groups excluding carboxylic acids is 2. The van der Waals surface area contributed by atoms with Crippen molar-refractivity contribution in [3.63, 3.8) is 0 Å². The number of para-hydroxylation sites is 1. The predicted octanol–water partition coefficient (Wildman–Crippen LogP) is 0.351. The third-order valence-electron chi connectivity index (χ3n) is 2.19. The maximum absolute atomic E-state index is 11.5. The first-order valence-electron chi connectivity index (χ1n) is 5.27. The number of carbonyl (C=O) groups is 2. The van der Waals surface area contributed by atoms with Crippen LogP contribution in [-0.4, -0.2) is 28.1 Å². The summed E-state index contributed by atoms with van der Waals surface area (Å²) < 4.78 is 0. The number of Topliss-reactive ketones (excluding diaryl/α,β-unsaturated/α-hetero) is 1. The number of rotatable bonds is 6. The lowest BCUT2D eigenvalue weighted by atomic mass is 10.2. The fraction of sp³-hybridized carbons (Fsp3) is 0.200. The van der Waals surface area contributed by atoms with Gasteiger partial charge in [-0.3, -0.25) is 29.8 Å². The summed E-state index contributed by atoms with van der Waals surface area (Å²) in [6.45, 7) is -0.980. The zero-order valence-electron chi connectivity index (χ0n) is 10.1. The normalized spacial score (nSPS) is 9.80. The SMILES string of the molecule is Nc1cccc(NC(=O)CC(=O)C[N+](=O)[O-])c1[N+](=O)[O-]. The van der Waals surface area contributed by atoms with Crippen LogP contribution in [0.15, 0.2) is 18.2 Å². The molecule has 0 spiro atoms. The quantitative estimate of drug-likeness (QED) is 0.329. The van der Waals surface area contributed by atoms with Gasteiger partial charge < -0.3 is 11.1 Å². The van der Waals surface area contributed by atoms with E-state index in [0.717, 1.165) is 0 Å². The Bertz CT molecular complexity index is 585. The Morgan fingerprint density at radius 1 is 1.25 bits per heavy atom. The molecule has 0 aliphatic carbocycles. The summed E-state index contributed by atoms with van der Waals surface area (Å²) in [4.78, 5) is 41.8. The van der Waals surface area contributed by atoms with Crippen LogP contribution in [0.3, 0.4) is 0 Å². The number of benzene rings is 1. The van der Waals surface area contributed by atoms with Gasteiger partial charge in [0.05, 0.1) is 11.3 Å². The lowest BCUT2D eigenvalue weighted by Crippen LogP contribution is -2.22. The molecular formula is C10H10N4O6. The summed E-state index contributed by atoms with van der Waals surface area (Å²) in [7, 11) is 0. The molecule has 106 valence electrons. The standard InChI is InChI=1S/C10H10N4O6/c11-7-2-1-3-8(10(7)14(19)20)12-9(16)4-6(15)5-13(17)18/h1-3H,4-5,11H2,(H,12,16). The van der Waals surface area contributed by atoms with E-state index in [1.807, 2.05) is 0 Å². The van der Waals surface area contributed by atoms with Crippen molar-refractivity contribution in [1.29, 1.82) is 0 Å². The number of amides is 1. The lowest BCUT2D eigenvalue weighted by Gasteiger charge is -2.06. The molecule has 0 heterocycles. The minimum atomic E-state index is -0.980. The molecule has 0 aromatic heterocycles. The van der Waals surface area contributed by atoms with Crippen LogP contribution in [0.1, 0.15) is 6.42 Å².